The molecule has 0 saturated heterocycles. The molecule has 0 aromatic heterocycles. The molecular formula is C61H46. The van der Waals surface area contributed by atoms with E-state index in [9.17, 15) is 0 Å². The van der Waals surface area contributed by atoms with Gasteiger partial charge in [0, 0.05) is 0 Å². The van der Waals surface area contributed by atoms with E-state index in [0.717, 1.165) is 22.3 Å². The third-order valence-electron chi connectivity index (χ3n) is 11.3. The van der Waals surface area contributed by atoms with Crippen molar-refractivity contribution in [2.24, 2.45) is 0 Å². The van der Waals surface area contributed by atoms with Crippen molar-refractivity contribution in [3.8, 4) is 11.1 Å². The molecule has 290 valence electrons. The third-order valence-corrected chi connectivity index (χ3v) is 11.3. The SMILES string of the molecule is Cc1ccccc1-c1cc(C=Cc2ccc(C=C(c3ccccc3)c3ccccc3)cc2)c(C=Cc2ccc(C=C(c3ccccc3)c3ccccc3)cc2)c2ccccc12. The minimum atomic E-state index is 1.15. The highest BCUT2D eigenvalue weighted by molar-refractivity contribution is 6.05. The molecule has 9 aromatic carbocycles. The van der Waals surface area contributed by atoms with Gasteiger partial charge in [0.15, 0.2) is 0 Å². The van der Waals surface area contributed by atoms with Gasteiger partial charge in [-0.3, -0.25) is 0 Å². The van der Waals surface area contributed by atoms with E-state index in [0.29, 0.717) is 0 Å². The maximum Gasteiger partial charge on any atom is -0.00964 e. The first kappa shape index (κ1) is 38.7. The predicted octanol–water partition coefficient (Wildman–Crippen LogP) is 16.3. The van der Waals surface area contributed by atoms with E-state index in [-0.39, 0.29) is 0 Å². The lowest BCUT2D eigenvalue weighted by Gasteiger charge is -2.15. The molecule has 9 rings (SSSR count). The van der Waals surface area contributed by atoms with Crippen molar-refractivity contribution in [3.63, 3.8) is 0 Å². The molecule has 61 heavy (non-hydrogen) atoms. The van der Waals surface area contributed by atoms with E-state index in [4.69, 9.17) is 0 Å². The van der Waals surface area contributed by atoms with Crippen molar-refractivity contribution in [1.82, 2.24) is 0 Å². The number of benzene rings is 9. The van der Waals surface area contributed by atoms with E-state index in [1.54, 1.807) is 0 Å². The summed E-state index contributed by atoms with van der Waals surface area (Å²) >= 11 is 0. The maximum absolute atomic E-state index is 2.37. The summed E-state index contributed by atoms with van der Waals surface area (Å²) in [5, 5.41) is 2.47. The molecular weight excluding hydrogens is 733 g/mol. The quantitative estimate of drug-likeness (QED) is 0.115. The van der Waals surface area contributed by atoms with Crippen LogP contribution in [0.5, 0.6) is 0 Å². The summed E-state index contributed by atoms with van der Waals surface area (Å²) in [5.74, 6) is 0. The van der Waals surface area contributed by atoms with Crippen molar-refractivity contribution in [1.29, 1.82) is 0 Å². The van der Waals surface area contributed by atoms with Crippen molar-refractivity contribution in [3.05, 3.63) is 286 Å². The van der Waals surface area contributed by atoms with Crippen LogP contribution in [0.2, 0.25) is 0 Å². The fourth-order valence-electron chi connectivity index (χ4n) is 8.08. The Morgan fingerprint density at radius 3 is 1.15 bits per heavy atom. The minimum absolute atomic E-state index is 1.15. The standard InChI is InChI=1S/C61H46/c1-45-18-14-15-27-55(45)61-44-54(40-38-46-30-34-48(35-31-46)42-59(50-19-6-2-7-20-50)51-21-8-3-9-22-51)56(57-28-16-17-29-58(57)61)41-39-47-32-36-49(37-33-47)43-60(52-23-10-4-11-24-52)53-25-12-5-13-26-53/h2-44H,1H3. The lowest BCUT2D eigenvalue weighted by molar-refractivity contribution is 1.46. The van der Waals surface area contributed by atoms with Crippen molar-refractivity contribution < 1.29 is 0 Å². The zero-order valence-corrected chi connectivity index (χ0v) is 34.3. The van der Waals surface area contributed by atoms with Gasteiger partial charge in [-0.25, -0.2) is 0 Å². The second kappa shape index (κ2) is 18.4. The highest BCUT2D eigenvalue weighted by atomic mass is 14.2. The van der Waals surface area contributed by atoms with Gasteiger partial charge in [-0.1, -0.05) is 243 Å². The van der Waals surface area contributed by atoms with E-state index in [2.05, 4.69) is 268 Å². The number of hydrogen-bond acceptors (Lipinski definition) is 0. The Bertz CT molecular complexity index is 2920. The molecule has 0 aliphatic rings. The van der Waals surface area contributed by atoms with Gasteiger partial charge in [0.2, 0.25) is 0 Å². The summed E-state index contributed by atoms with van der Waals surface area (Å²) in [6.07, 6.45) is 13.6. The summed E-state index contributed by atoms with van der Waals surface area (Å²) in [4.78, 5) is 0. The van der Waals surface area contributed by atoms with E-state index < -0.39 is 0 Å². The van der Waals surface area contributed by atoms with Crippen LogP contribution in [-0.4, -0.2) is 0 Å². The second-order valence-electron chi connectivity index (χ2n) is 15.4. The molecule has 0 spiro atoms. The number of aryl methyl sites for hydroxylation is 1. The summed E-state index contributed by atoms with van der Waals surface area (Å²) < 4.78 is 0. The van der Waals surface area contributed by atoms with Gasteiger partial charge in [-0.15, -0.1) is 0 Å². The van der Waals surface area contributed by atoms with Crippen LogP contribution in [0.4, 0.5) is 0 Å². The monoisotopic (exact) mass is 778 g/mol. The van der Waals surface area contributed by atoms with Gasteiger partial charge >= 0.3 is 0 Å². The average Bonchev–Trinajstić information content (AvgIpc) is 3.33. The summed E-state index contributed by atoms with van der Waals surface area (Å²) in [5.41, 5.74) is 17.9. The Balaban J connectivity index is 1.07. The topological polar surface area (TPSA) is 0 Å². The van der Waals surface area contributed by atoms with Crippen LogP contribution in [0.25, 0.3) is 69.5 Å². The van der Waals surface area contributed by atoms with Gasteiger partial charge in [-0.05, 0) is 119 Å². The Kier molecular flexibility index (Phi) is 11.7. The molecule has 0 nitrogen and oxygen atoms in total. The Morgan fingerprint density at radius 2 is 0.689 bits per heavy atom. The lowest BCUT2D eigenvalue weighted by atomic mass is 9.89. The van der Waals surface area contributed by atoms with Crippen molar-refractivity contribution in [2.45, 2.75) is 6.92 Å². The average molecular weight is 779 g/mol. The summed E-state index contributed by atoms with van der Waals surface area (Å²) in [6, 6.07) is 80.1. The molecule has 0 unspecified atom stereocenters. The maximum atomic E-state index is 2.37. The first-order chi connectivity index (χ1) is 30.2. The minimum Gasteiger partial charge on any atom is -0.0622 e. The van der Waals surface area contributed by atoms with Gasteiger partial charge in [-0.2, -0.15) is 0 Å². The zero-order chi connectivity index (χ0) is 41.2. The molecule has 0 bridgehead atoms. The summed E-state index contributed by atoms with van der Waals surface area (Å²) in [7, 11) is 0. The number of fused-ring (bicyclic) bond motifs is 1. The molecule has 0 N–H and O–H groups in total. The van der Waals surface area contributed by atoms with Crippen LogP contribution < -0.4 is 0 Å². The van der Waals surface area contributed by atoms with E-state index in [1.165, 1.54) is 72.0 Å². The molecule has 0 aliphatic carbocycles. The highest BCUT2D eigenvalue weighted by Crippen LogP contribution is 2.37. The van der Waals surface area contributed by atoms with Gasteiger partial charge in [0.1, 0.15) is 0 Å². The number of hydrogen-bond donors (Lipinski definition) is 0. The first-order valence-electron chi connectivity index (χ1n) is 21.0. The molecule has 0 amide bonds. The number of rotatable bonds is 11. The van der Waals surface area contributed by atoms with Crippen LogP contribution in [-0.2, 0) is 0 Å². The van der Waals surface area contributed by atoms with Crippen LogP contribution in [0, 0.1) is 6.92 Å². The molecule has 0 fully saturated rings. The normalized spacial score (nSPS) is 11.2. The van der Waals surface area contributed by atoms with Gasteiger partial charge in [0.05, 0.1) is 0 Å². The Labute approximate surface area is 360 Å². The molecule has 9 aromatic rings. The predicted molar refractivity (Wildman–Crippen MR) is 265 cm³/mol. The Morgan fingerprint density at radius 1 is 0.311 bits per heavy atom. The molecule has 0 heteroatoms. The third kappa shape index (κ3) is 9.10. The van der Waals surface area contributed by atoms with Crippen LogP contribution >= 0.6 is 0 Å². The second-order valence-corrected chi connectivity index (χ2v) is 15.4. The van der Waals surface area contributed by atoms with E-state index in [1.807, 2.05) is 0 Å². The van der Waals surface area contributed by atoms with Crippen LogP contribution in [0.15, 0.2) is 224 Å². The molecule has 0 atom stereocenters. The highest BCUT2D eigenvalue weighted by Gasteiger charge is 2.13. The van der Waals surface area contributed by atoms with Gasteiger partial charge < -0.3 is 0 Å². The fraction of sp³-hybridized carbons (Fsp3) is 0.0164. The fourth-order valence-corrected chi connectivity index (χ4v) is 8.08. The summed E-state index contributed by atoms with van der Waals surface area (Å²) in [6.45, 7) is 2.20. The molecule has 0 heterocycles. The van der Waals surface area contributed by atoms with Crippen LogP contribution in [0.3, 0.4) is 0 Å². The molecule has 0 aliphatic heterocycles. The molecule has 0 saturated carbocycles. The van der Waals surface area contributed by atoms with E-state index >= 15 is 0 Å². The zero-order valence-electron chi connectivity index (χ0n) is 34.3. The molecule has 0 radical (unpaired) electrons. The van der Waals surface area contributed by atoms with Crippen LogP contribution in [0.1, 0.15) is 61.2 Å². The smallest absolute Gasteiger partial charge is 0.00964 e. The van der Waals surface area contributed by atoms with Gasteiger partial charge in [0.25, 0.3) is 0 Å². The van der Waals surface area contributed by atoms with Crippen molar-refractivity contribution in [2.75, 3.05) is 0 Å². The largest absolute Gasteiger partial charge is 0.0622 e. The first-order valence-corrected chi connectivity index (χ1v) is 21.0. The van der Waals surface area contributed by atoms with Crippen molar-refractivity contribution >= 4 is 58.4 Å². The Hall–Kier alpha value is -7.80. The lowest BCUT2D eigenvalue weighted by Crippen LogP contribution is -1.91.